The van der Waals surface area contributed by atoms with E-state index >= 15 is 0 Å². The predicted molar refractivity (Wildman–Crippen MR) is 114 cm³/mol. The summed E-state index contributed by atoms with van der Waals surface area (Å²) in [5.41, 5.74) is 1.17. The molecule has 1 N–H and O–H groups in total. The molecule has 0 radical (unpaired) electrons. The molecule has 1 amide bonds. The van der Waals surface area contributed by atoms with E-state index < -0.39 is 0 Å². The van der Waals surface area contributed by atoms with Gasteiger partial charge in [-0.1, -0.05) is 30.3 Å². The Morgan fingerprint density at radius 3 is 2.76 bits per heavy atom. The first kappa shape index (κ1) is 19.5. The Balaban J connectivity index is 1.31. The molecule has 2 aromatic carbocycles. The average Bonchev–Trinajstić information content (AvgIpc) is 3.30. The number of aromatic nitrogens is 2. The van der Waals surface area contributed by atoms with E-state index in [1.807, 2.05) is 42.2 Å². The fraction of sp³-hybridized carbons (Fsp3) is 0.391. The lowest BCUT2D eigenvalue weighted by molar-refractivity contribution is -0.119. The van der Waals surface area contributed by atoms with E-state index in [9.17, 15) is 4.79 Å². The molecule has 3 aromatic rings. The zero-order valence-corrected chi connectivity index (χ0v) is 17.0. The second-order valence-corrected chi connectivity index (χ2v) is 7.76. The monoisotopic (exact) mass is 392 g/mol. The standard InChI is InChI=1S/C23H28N4O2/c1-17(28)25-22-16-27(15-21(22)23-10-11-24-26(23)2)12-5-13-29-20-9-8-18-6-3-4-7-19(18)14-20/h3-4,6-11,14,21-22H,5,12-13,15-16H2,1-2H3,(H,25,28)/t21-,22-/m1/s1. The van der Waals surface area contributed by atoms with Gasteiger partial charge in [0, 0.05) is 51.4 Å². The molecule has 0 unspecified atom stereocenters. The van der Waals surface area contributed by atoms with Crippen molar-refractivity contribution in [2.45, 2.75) is 25.3 Å². The van der Waals surface area contributed by atoms with Crippen molar-refractivity contribution in [2.24, 2.45) is 7.05 Å². The summed E-state index contributed by atoms with van der Waals surface area (Å²) in [6.45, 7) is 4.97. The van der Waals surface area contributed by atoms with E-state index in [4.69, 9.17) is 4.74 Å². The van der Waals surface area contributed by atoms with Gasteiger partial charge in [0.1, 0.15) is 5.75 Å². The number of hydrogen-bond donors (Lipinski definition) is 1. The van der Waals surface area contributed by atoms with Crippen molar-refractivity contribution in [3.63, 3.8) is 0 Å². The minimum atomic E-state index is 0.0173. The number of aryl methyl sites for hydroxylation is 1. The first-order chi connectivity index (χ1) is 14.1. The molecule has 6 nitrogen and oxygen atoms in total. The number of benzene rings is 2. The zero-order chi connectivity index (χ0) is 20.2. The molecule has 1 saturated heterocycles. The van der Waals surface area contributed by atoms with E-state index in [2.05, 4.69) is 39.6 Å². The Morgan fingerprint density at radius 1 is 1.17 bits per heavy atom. The van der Waals surface area contributed by atoms with Crippen molar-refractivity contribution < 1.29 is 9.53 Å². The number of nitrogens with zero attached hydrogens (tertiary/aromatic N) is 3. The Labute approximate surface area is 171 Å². The normalized spacial score (nSPS) is 19.5. The van der Waals surface area contributed by atoms with Gasteiger partial charge >= 0.3 is 0 Å². The third-order valence-corrected chi connectivity index (χ3v) is 5.63. The van der Waals surface area contributed by atoms with Crippen molar-refractivity contribution in [1.82, 2.24) is 20.0 Å². The van der Waals surface area contributed by atoms with Crippen LogP contribution in [0.2, 0.25) is 0 Å². The number of carbonyl (C=O) groups is 1. The number of carbonyl (C=O) groups excluding carboxylic acids is 1. The molecule has 0 aliphatic carbocycles. The minimum absolute atomic E-state index is 0.0173. The molecule has 4 rings (SSSR count). The van der Waals surface area contributed by atoms with Gasteiger partial charge in [-0.05, 0) is 35.4 Å². The molecule has 0 spiro atoms. The fourth-order valence-electron chi connectivity index (χ4n) is 4.26. The number of ether oxygens (including phenoxy) is 1. The van der Waals surface area contributed by atoms with Gasteiger partial charge in [0.25, 0.3) is 0 Å². The van der Waals surface area contributed by atoms with Gasteiger partial charge in [-0.3, -0.25) is 9.48 Å². The maximum absolute atomic E-state index is 11.6. The zero-order valence-electron chi connectivity index (χ0n) is 17.0. The summed E-state index contributed by atoms with van der Waals surface area (Å²) in [5, 5.41) is 9.83. The van der Waals surface area contributed by atoms with E-state index in [1.165, 1.54) is 16.5 Å². The molecule has 2 heterocycles. The van der Waals surface area contributed by atoms with E-state index in [-0.39, 0.29) is 17.9 Å². The van der Waals surface area contributed by atoms with Crippen LogP contribution in [-0.4, -0.2) is 52.9 Å². The van der Waals surface area contributed by atoms with Crippen LogP contribution in [0.15, 0.2) is 54.7 Å². The Kier molecular flexibility index (Phi) is 5.81. The van der Waals surface area contributed by atoms with Crippen LogP contribution in [0, 0.1) is 0 Å². The molecule has 1 aromatic heterocycles. The first-order valence-electron chi connectivity index (χ1n) is 10.2. The van der Waals surface area contributed by atoms with Gasteiger partial charge in [-0.15, -0.1) is 0 Å². The Bertz CT molecular complexity index is 984. The van der Waals surface area contributed by atoms with E-state index in [1.54, 1.807) is 6.92 Å². The second-order valence-electron chi connectivity index (χ2n) is 7.76. The molecule has 0 saturated carbocycles. The highest BCUT2D eigenvalue weighted by molar-refractivity contribution is 5.83. The van der Waals surface area contributed by atoms with Crippen LogP contribution in [0.5, 0.6) is 5.75 Å². The average molecular weight is 393 g/mol. The third kappa shape index (κ3) is 4.59. The van der Waals surface area contributed by atoms with Crippen molar-refractivity contribution in [1.29, 1.82) is 0 Å². The third-order valence-electron chi connectivity index (χ3n) is 5.63. The topological polar surface area (TPSA) is 59.4 Å². The van der Waals surface area contributed by atoms with Crippen LogP contribution in [0.4, 0.5) is 0 Å². The second kappa shape index (κ2) is 8.66. The van der Waals surface area contributed by atoms with Gasteiger partial charge in [0.2, 0.25) is 5.91 Å². The molecule has 29 heavy (non-hydrogen) atoms. The molecule has 152 valence electrons. The summed E-state index contributed by atoms with van der Waals surface area (Å²) < 4.78 is 7.88. The van der Waals surface area contributed by atoms with Crippen molar-refractivity contribution in [3.05, 3.63) is 60.4 Å². The maximum Gasteiger partial charge on any atom is 0.217 e. The maximum atomic E-state index is 11.6. The molecule has 1 fully saturated rings. The van der Waals surface area contributed by atoms with Crippen LogP contribution < -0.4 is 10.1 Å². The number of fused-ring (bicyclic) bond motifs is 1. The summed E-state index contributed by atoms with van der Waals surface area (Å²) in [5.74, 6) is 1.19. The van der Waals surface area contributed by atoms with Crippen LogP contribution in [-0.2, 0) is 11.8 Å². The number of rotatable bonds is 7. The number of amides is 1. The summed E-state index contributed by atoms with van der Waals surface area (Å²) in [6, 6.07) is 16.7. The number of hydrogen-bond acceptors (Lipinski definition) is 4. The molecule has 6 heteroatoms. The Hall–Kier alpha value is -2.86. The van der Waals surface area contributed by atoms with Crippen molar-refractivity contribution in [2.75, 3.05) is 26.2 Å². The van der Waals surface area contributed by atoms with Gasteiger partial charge in [-0.2, -0.15) is 5.10 Å². The molecule has 1 aliphatic rings. The van der Waals surface area contributed by atoms with Crippen molar-refractivity contribution in [3.8, 4) is 5.75 Å². The smallest absolute Gasteiger partial charge is 0.217 e. The summed E-state index contributed by atoms with van der Waals surface area (Å²) in [6.07, 6.45) is 2.76. The first-order valence-corrected chi connectivity index (χ1v) is 10.2. The van der Waals surface area contributed by atoms with Gasteiger partial charge in [-0.25, -0.2) is 0 Å². The van der Waals surface area contributed by atoms with Gasteiger partial charge in [0.05, 0.1) is 12.6 Å². The highest BCUT2D eigenvalue weighted by Gasteiger charge is 2.35. The van der Waals surface area contributed by atoms with Crippen molar-refractivity contribution >= 4 is 16.7 Å². The molecular weight excluding hydrogens is 364 g/mol. The lowest BCUT2D eigenvalue weighted by atomic mass is 9.99. The molecule has 0 bridgehead atoms. The fourth-order valence-corrected chi connectivity index (χ4v) is 4.26. The van der Waals surface area contributed by atoms with Crippen LogP contribution in [0.3, 0.4) is 0 Å². The predicted octanol–water partition coefficient (Wildman–Crippen LogP) is 2.95. The van der Waals surface area contributed by atoms with E-state index in [0.717, 1.165) is 31.8 Å². The quantitative estimate of drug-likeness (QED) is 0.628. The van der Waals surface area contributed by atoms with E-state index in [0.29, 0.717) is 6.61 Å². The highest BCUT2D eigenvalue weighted by atomic mass is 16.5. The molecule has 2 atom stereocenters. The SMILES string of the molecule is CC(=O)N[C@@H]1CN(CCCOc2ccc3ccccc3c2)C[C@H]1c1ccnn1C. The Morgan fingerprint density at radius 2 is 2.00 bits per heavy atom. The van der Waals surface area contributed by atoms with Crippen LogP contribution in [0.25, 0.3) is 10.8 Å². The van der Waals surface area contributed by atoms with Gasteiger partial charge in [0.15, 0.2) is 0 Å². The van der Waals surface area contributed by atoms with Crippen LogP contribution >= 0.6 is 0 Å². The largest absolute Gasteiger partial charge is 0.494 e. The molecular formula is C23H28N4O2. The lowest BCUT2D eigenvalue weighted by Crippen LogP contribution is -2.39. The highest BCUT2D eigenvalue weighted by Crippen LogP contribution is 2.27. The summed E-state index contributed by atoms with van der Waals surface area (Å²) in [7, 11) is 1.96. The lowest BCUT2D eigenvalue weighted by Gasteiger charge is -2.19. The summed E-state index contributed by atoms with van der Waals surface area (Å²) in [4.78, 5) is 14.0. The molecule has 1 aliphatic heterocycles. The minimum Gasteiger partial charge on any atom is -0.494 e. The summed E-state index contributed by atoms with van der Waals surface area (Å²) >= 11 is 0. The number of likely N-dealkylation sites (tertiary alicyclic amines) is 1. The van der Waals surface area contributed by atoms with Crippen LogP contribution in [0.1, 0.15) is 25.0 Å². The number of nitrogens with one attached hydrogen (secondary N) is 1. The van der Waals surface area contributed by atoms with Gasteiger partial charge < -0.3 is 15.0 Å².